The number of carbonyl (C=O) groups is 1. The second-order valence-electron chi connectivity index (χ2n) is 6.70. The van der Waals surface area contributed by atoms with E-state index in [4.69, 9.17) is 23.2 Å². The minimum atomic E-state index is -5.02. The molecule has 0 heterocycles. The van der Waals surface area contributed by atoms with Crippen LogP contribution in [0, 0.1) is 0 Å². The SMILES string of the molecule is O=C(CNC[C@@H](CCBr)c1ccc(Cl)c(Cl)c1)c1cc(C(F)(F)F)cc(C(F)(F)F)c1. The van der Waals surface area contributed by atoms with Gasteiger partial charge in [-0.15, -0.1) is 0 Å². The highest BCUT2D eigenvalue weighted by Gasteiger charge is 2.37. The zero-order chi connectivity index (χ0) is 23.4. The van der Waals surface area contributed by atoms with E-state index in [1.54, 1.807) is 18.2 Å². The summed E-state index contributed by atoms with van der Waals surface area (Å²) in [6.07, 6.45) is -9.39. The van der Waals surface area contributed by atoms with Gasteiger partial charge in [0.1, 0.15) is 0 Å². The minimum Gasteiger partial charge on any atom is -0.309 e. The Kier molecular flexibility index (Phi) is 8.84. The average Bonchev–Trinajstić information content (AvgIpc) is 2.67. The van der Waals surface area contributed by atoms with Crippen LogP contribution in [0.15, 0.2) is 36.4 Å². The van der Waals surface area contributed by atoms with Crippen LogP contribution in [-0.2, 0) is 12.4 Å². The topological polar surface area (TPSA) is 29.1 Å². The molecule has 0 bridgehead atoms. The van der Waals surface area contributed by atoms with E-state index in [-0.39, 0.29) is 18.5 Å². The van der Waals surface area contributed by atoms with Gasteiger partial charge in [0, 0.05) is 17.4 Å². The maximum Gasteiger partial charge on any atom is 0.416 e. The lowest BCUT2D eigenvalue weighted by molar-refractivity contribution is -0.143. The lowest BCUT2D eigenvalue weighted by atomic mass is 9.96. The summed E-state index contributed by atoms with van der Waals surface area (Å²) in [5.74, 6) is -1.00. The van der Waals surface area contributed by atoms with Gasteiger partial charge >= 0.3 is 12.4 Å². The fraction of sp³-hybridized carbons (Fsp3) is 0.350. The van der Waals surface area contributed by atoms with Crippen LogP contribution in [0.2, 0.25) is 10.0 Å². The third-order valence-electron chi connectivity index (χ3n) is 4.46. The zero-order valence-corrected chi connectivity index (χ0v) is 18.8. The van der Waals surface area contributed by atoms with Crippen molar-refractivity contribution < 1.29 is 31.1 Å². The molecule has 11 heteroatoms. The summed E-state index contributed by atoms with van der Waals surface area (Å²) < 4.78 is 77.8. The number of benzene rings is 2. The smallest absolute Gasteiger partial charge is 0.309 e. The maximum absolute atomic E-state index is 13.0. The van der Waals surface area contributed by atoms with E-state index in [9.17, 15) is 31.1 Å². The Morgan fingerprint density at radius 3 is 2.00 bits per heavy atom. The summed E-state index contributed by atoms with van der Waals surface area (Å²) in [5.41, 5.74) is -2.90. The number of hydrogen-bond acceptors (Lipinski definition) is 2. The molecule has 0 fully saturated rings. The van der Waals surface area contributed by atoms with Gasteiger partial charge in [-0.05, 0) is 48.2 Å². The summed E-state index contributed by atoms with van der Waals surface area (Å²) in [7, 11) is 0. The molecule has 0 amide bonds. The van der Waals surface area contributed by atoms with E-state index >= 15 is 0 Å². The summed E-state index contributed by atoms with van der Waals surface area (Å²) in [4.78, 5) is 12.3. The third kappa shape index (κ3) is 7.37. The van der Waals surface area contributed by atoms with E-state index in [1.165, 1.54) is 0 Å². The van der Waals surface area contributed by atoms with Crippen molar-refractivity contribution in [1.29, 1.82) is 0 Å². The van der Waals surface area contributed by atoms with Crippen molar-refractivity contribution in [2.45, 2.75) is 24.7 Å². The number of alkyl halides is 7. The summed E-state index contributed by atoms with van der Waals surface area (Å²) in [5, 5.41) is 4.15. The van der Waals surface area contributed by atoms with Crippen LogP contribution in [-0.4, -0.2) is 24.2 Å². The van der Waals surface area contributed by atoms with Gasteiger partial charge in [-0.25, -0.2) is 0 Å². The van der Waals surface area contributed by atoms with Gasteiger partial charge in [0.05, 0.1) is 27.7 Å². The molecule has 0 aliphatic carbocycles. The number of halogens is 9. The van der Waals surface area contributed by atoms with E-state index in [1.807, 2.05) is 0 Å². The Labute approximate surface area is 193 Å². The van der Waals surface area contributed by atoms with E-state index in [0.717, 1.165) is 5.56 Å². The summed E-state index contributed by atoms with van der Waals surface area (Å²) >= 11 is 15.3. The first-order valence-electron chi connectivity index (χ1n) is 8.87. The number of hydrogen-bond donors (Lipinski definition) is 1. The first-order chi connectivity index (χ1) is 14.3. The van der Waals surface area contributed by atoms with Crippen LogP contribution in [0.5, 0.6) is 0 Å². The summed E-state index contributed by atoms with van der Waals surface area (Å²) in [6.45, 7) is -0.181. The first kappa shape index (κ1) is 26.0. The average molecular weight is 551 g/mol. The number of nitrogens with one attached hydrogen (secondary N) is 1. The molecule has 1 atom stereocenters. The monoisotopic (exact) mass is 549 g/mol. The van der Waals surface area contributed by atoms with E-state index in [0.29, 0.717) is 33.9 Å². The van der Waals surface area contributed by atoms with Crippen molar-refractivity contribution in [2.75, 3.05) is 18.4 Å². The minimum absolute atomic E-state index is 0.0134. The summed E-state index contributed by atoms with van der Waals surface area (Å²) in [6, 6.07) is 5.88. The first-order valence-corrected chi connectivity index (χ1v) is 10.7. The van der Waals surface area contributed by atoms with E-state index in [2.05, 4.69) is 21.2 Å². The Balaban J connectivity index is 2.16. The molecular weight excluding hydrogens is 535 g/mol. The molecule has 2 aromatic carbocycles. The van der Waals surface area contributed by atoms with Gasteiger partial charge in [-0.3, -0.25) is 4.79 Å². The molecule has 31 heavy (non-hydrogen) atoms. The lowest BCUT2D eigenvalue weighted by Crippen LogP contribution is -2.28. The molecule has 1 N–H and O–H groups in total. The van der Waals surface area contributed by atoms with Gasteiger partial charge in [-0.2, -0.15) is 26.3 Å². The second kappa shape index (κ2) is 10.6. The molecule has 0 aliphatic rings. The lowest BCUT2D eigenvalue weighted by Gasteiger charge is -2.18. The maximum atomic E-state index is 13.0. The van der Waals surface area contributed by atoms with Crippen molar-refractivity contribution >= 4 is 44.9 Å². The number of rotatable bonds is 8. The van der Waals surface area contributed by atoms with Crippen LogP contribution in [0.1, 0.15) is 39.4 Å². The molecule has 0 saturated heterocycles. The normalized spacial score (nSPS) is 13.3. The van der Waals surface area contributed by atoms with Crippen molar-refractivity contribution in [1.82, 2.24) is 5.32 Å². The second-order valence-corrected chi connectivity index (χ2v) is 8.30. The van der Waals surface area contributed by atoms with Gasteiger partial charge in [-0.1, -0.05) is 45.2 Å². The van der Waals surface area contributed by atoms with Crippen molar-refractivity contribution in [3.63, 3.8) is 0 Å². The largest absolute Gasteiger partial charge is 0.416 e. The predicted octanol–water partition coefficient (Wildman–Crippen LogP) is 7.37. The Morgan fingerprint density at radius 1 is 0.935 bits per heavy atom. The van der Waals surface area contributed by atoms with Gasteiger partial charge < -0.3 is 5.32 Å². The van der Waals surface area contributed by atoms with Crippen LogP contribution in [0.25, 0.3) is 0 Å². The molecule has 0 unspecified atom stereocenters. The molecule has 0 aliphatic heterocycles. The molecule has 0 saturated carbocycles. The number of carbonyl (C=O) groups excluding carboxylic acids is 1. The number of Topliss-reactive ketones (excluding diaryl/α,β-unsaturated/α-hetero) is 1. The van der Waals surface area contributed by atoms with Crippen LogP contribution in [0.4, 0.5) is 26.3 Å². The Morgan fingerprint density at radius 2 is 1.52 bits per heavy atom. The third-order valence-corrected chi connectivity index (χ3v) is 5.66. The molecule has 2 nitrogen and oxygen atoms in total. The highest BCUT2D eigenvalue weighted by atomic mass is 79.9. The van der Waals surface area contributed by atoms with Crippen molar-refractivity contribution in [3.8, 4) is 0 Å². The number of ketones is 1. The molecule has 2 rings (SSSR count). The fourth-order valence-corrected chi connectivity index (χ4v) is 3.72. The van der Waals surface area contributed by atoms with Crippen molar-refractivity contribution in [2.24, 2.45) is 0 Å². The van der Waals surface area contributed by atoms with Gasteiger partial charge in [0.25, 0.3) is 0 Å². The molecule has 0 aromatic heterocycles. The highest BCUT2D eigenvalue weighted by molar-refractivity contribution is 9.09. The molecule has 0 spiro atoms. The van der Waals surface area contributed by atoms with Crippen LogP contribution < -0.4 is 5.32 Å². The van der Waals surface area contributed by atoms with Crippen LogP contribution in [0.3, 0.4) is 0 Å². The zero-order valence-electron chi connectivity index (χ0n) is 15.7. The molecule has 2 aromatic rings. The standard InChI is InChI=1S/C20H16BrCl2F6NO/c21-4-3-12(11-1-2-16(22)17(23)7-11)9-30-10-18(31)13-5-14(19(24,25)26)8-15(6-13)20(27,28)29/h1-2,5-8,12,30H,3-4,9-10H2/t12-/m1/s1. The van der Waals surface area contributed by atoms with Crippen LogP contribution >= 0.6 is 39.1 Å². The predicted molar refractivity (Wildman–Crippen MR) is 111 cm³/mol. The fourth-order valence-electron chi connectivity index (χ4n) is 2.86. The van der Waals surface area contributed by atoms with Gasteiger partial charge in [0.2, 0.25) is 0 Å². The van der Waals surface area contributed by atoms with E-state index < -0.39 is 41.4 Å². The molecule has 0 radical (unpaired) electrons. The Bertz CT molecular complexity index is 901. The quantitative estimate of drug-likeness (QED) is 0.211. The molecular formula is C20H16BrCl2F6NO. The van der Waals surface area contributed by atoms with Gasteiger partial charge in [0.15, 0.2) is 5.78 Å². The highest BCUT2D eigenvalue weighted by Crippen LogP contribution is 2.36. The Hall–Kier alpha value is -1.29. The van der Waals surface area contributed by atoms with Crippen molar-refractivity contribution in [3.05, 3.63) is 68.7 Å². The molecule has 170 valence electrons.